The van der Waals surface area contributed by atoms with Gasteiger partial charge in [-0.1, -0.05) is 6.07 Å². The first-order valence-electron chi connectivity index (χ1n) is 5.73. The van der Waals surface area contributed by atoms with Crippen molar-refractivity contribution in [1.82, 2.24) is 0 Å². The van der Waals surface area contributed by atoms with Crippen molar-refractivity contribution in [2.24, 2.45) is 0 Å². The average molecular weight is 218 g/mol. The van der Waals surface area contributed by atoms with Gasteiger partial charge in [-0.15, -0.1) is 0 Å². The largest absolute Gasteiger partial charge is 0.372 e. The molecule has 0 spiro atoms. The summed E-state index contributed by atoms with van der Waals surface area (Å²) in [6.45, 7) is 8.78. The van der Waals surface area contributed by atoms with Crippen molar-refractivity contribution < 1.29 is 4.79 Å². The van der Waals surface area contributed by atoms with Gasteiger partial charge in [0.05, 0.1) is 11.4 Å². The van der Waals surface area contributed by atoms with Crippen molar-refractivity contribution in [3.8, 4) is 0 Å². The molecule has 1 aliphatic heterocycles. The van der Waals surface area contributed by atoms with E-state index in [2.05, 4.69) is 31.3 Å². The Bertz CT molecular complexity index is 440. The normalized spacial score (nSPS) is 19.4. The maximum Gasteiger partial charge on any atom is 0.249 e. The molecule has 2 rings (SSSR count). The van der Waals surface area contributed by atoms with Crippen molar-refractivity contribution in [1.29, 1.82) is 0 Å². The van der Waals surface area contributed by atoms with Crippen molar-refractivity contribution in [2.45, 2.75) is 33.7 Å². The minimum atomic E-state index is -0.131. The highest BCUT2D eigenvalue weighted by atomic mass is 16.2. The molecular weight excluding hydrogens is 200 g/mol. The summed E-state index contributed by atoms with van der Waals surface area (Å²) >= 11 is 0. The topological polar surface area (TPSA) is 32.3 Å². The van der Waals surface area contributed by atoms with E-state index >= 15 is 0 Å². The predicted octanol–water partition coefficient (Wildman–Crippen LogP) is 2.47. The summed E-state index contributed by atoms with van der Waals surface area (Å²) in [5.74, 6) is 0.155. The summed E-state index contributed by atoms with van der Waals surface area (Å²) in [5, 5.41) is 3.26. The number of carbonyl (C=O) groups excluding carboxylic acids is 1. The number of hydrogen-bond acceptors (Lipinski definition) is 2. The number of nitrogens with one attached hydrogen (secondary N) is 1. The van der Waals surface area contributed by atoms with Gasteiger partial charge in [-0.3, -0.25) is 4.79 Å². The summed E-state index contributed by atoms with van der Waals surface area (Å²) in [6, 6.07) is 4.09. The average Bonchev–Trinajstić information content (AvgIpc) is 2.20. The third-order valence-electron chi connectivity index (χ3n) is 3.04. The van der Waals surface area contributed by atoms with Crippen molar-refractivity contribution in [3.63, 3.8) is 0 Å². The van der Waals surface area contributed by atoms with Gasteiger partial charge in [-0.2, -0.15) is 0 Å². The van der Waals surface area contributed by atoms with E-state index in [9.17, 15) is 4.79 Å². The number of likely N-dealkylation sites (N-methyl/N-ethyl adjacent to an activating group) is 1. The first-order valence-corrected chi connectivity index (χ1v) is 5.73. The number of fused-ring (bicyclic) bond motifs is 1. The van der Waals surface area contributed by atoms with Crippen LogP contribution in [0.1, 0.15) is 25.0 Å². The molecule has 1 unspecified atom stereocenters. The monoisotopic (exact) mass is 218 g/mol. The van der Waals surface area contributed by atoms with Crippen LogP contribution in [0.15, 0.2) is 12.1 Å². The second kappa shape index (κ2) is 3.81. The molecule has 3 heteroatoms. The number of aryl methyl sites for hydroxylation is 2. The number of rotatable bonds is 1. The molecule has 1 aromatic rings. The first-order chi connectivity index (χ1) is 7.54. The number of benzene rings is 1. The highest BCUT2D eigenvalue weighted by molar-refractivity contribution is 6.05. The van der Waals surface area contributed by atoms with E-state index in [4.69, 9.17) is 0 Å². The lowest BCUT2D eigenvalue weighted by molar-refractivity contribution is -0.119. The van der Waals surface area contributed by atoms with Gasteiger partial charge in [0, 0.05) is 6.54 Å². The quantitative estimate of drug-likeness (QED) is 0.785. The fraction of sp³-hybridized carbons (Fsp3) is 0.462. The van der Waals surface area contributed by atoms with Crippen LogP contribution in [0.4, 0.5) is 11.4 Å². The number of nitrogens with zero attached hydrogens (tertiary/aromatic N) is 1. The molecule has 1 atom stereocenters. The molecule has 0 radical (unpaired) electrons. The Morgan fingerprint density at radius 3 is 2.69 bits per heavy atom. The van der Waals surface area contributed by atoms with Gasteiger partial charge >= 0.3 is 0 Å². The van der Waals surface area contributed by atoms with Crippen LogP contribution in [0.3, 0.4) is 0 Å². The molecule has 0 saturated heterocycles. The maximum absolute atomic E-state index is 12.0. The van der Waals surface area contributed by atoms with Crippen LogP contribution in [-0.2, 0) is 4.79 Å². The summed E-state index contributed by atoms with van der Waals surface area (Å²) in [6.07, 6.45) is 0. The van der Waals surface area contributed by atoms with Gasteiger partial charge in [0.1, 0.15) is 6.04 Å². The predicted molar refractivity (Wildman–Crippen MR) is 67.0 cm³/mol. The summed E-state index contributed by atoms with van der Waals surface area (Å²) in [7, 11) is 0. The van der Waals surface area contributed by atoms with Crippen LogP contribution in [0.2, 0.25) is 0 Å². The Morgan fingerprint density at radius 2 is 2.06 bits per heavy atom. The van der Waals surface area contributed by atoms with Gasteiger partial charge in [-0.25, -0.2) is 0 Å². The van der Waals surface area contributed by atoms with Crippen molar-refractivity contribution in [2.75, 3.05) is 16.8 Å². The number of hydrogen-bond donors (Lipinski definition) is 1. The molecule has 0 aromatic heterocycles. The Hall–Kier alpha value is -1.51. The Kier molecular flexibility index (Phi) is 2.62. The van der Waals surface area contributed by atoms with Crippen LogP contribution in [0, 0.1) is 13.8 Å². The molecule has 0 bridgehead atoms. The van der Waals surface area contributed by atoms with Crippen molar-refractivity contribution >= 4 is 17.3 Å². The SMILES string of the molecule is CCN1C(=O)C(C)Nc2cc(C)cc(C)c21. The molecule has 1 aliphatic rings. The third kappa shape index (κ3) is 1.56. The minimum Gasteiger partial charge on any atom is -0.372 e. The molecule has 0 aliphatic carbocycles. The van der Waals surface area contributed by atoms with Gasteiger partial charge < -0.3 is 10.2 Å². The summed E-state index contributed by atoms with van der Waals surface area (Å²) < 4.78 is 0. The highest BCUT2D eigenvalue weighted by Crippen LogP contribution is 2.35. The van der Waals surface area contributed by atoms with E-state index in [1.165, 1.54) is 5.56 Å². The Labute approximate surface area is 96.5 Å². The maximum atomic E-state index is 12.0. The van der Waals surface area contributed by atoms with Crippen LogP contribution >= 0.6 is 0 Å². The smallest absolute Gasteiger partial charge is 0.249 e. The van der Waals surface area contributed by atoms with E-state index in [1.54, 1.807) is 0 Å². The molecule has 1 aromatic carbocycles. The molecule has 1 heterocycles. The van der Waals surface area contributed by atoms with Crippen LogP contribution in [-0.4, -0.2) is 18.5 Å². The molecule has 0 saturated carbocycles. The van der Waals surface area contributed by atoms with E-state index in [0.717, 1.165) is 23.5 Å². The molecular formula is C13H18N2O. The highest BCUT2D eigenvalue weighted by Gasteiger charge is 2.29. The molecule has 1 N–H and O–H groups in total. The molecule has 3 nitrogen and oxygen atoms in total. The summed E-state index contributed by atoms with van der Waals surface area (Å²) in [5.41, 5.74) is 4.49. The molecule has 16 heavy (non-hydrogen) atoms. The fourth-order valence-corrected chi connectivity index (χ4v) is 2.38. The zero-order valence-electron chi connectivity index (χ0n) is 10.3. The standard InChI is InChI=1S/C13H18N2O/c1-5-15-12-9(3)6-8(2)7-11(12)14-10(4)13(15)16/h6-7,10,14H,5H2,1-4H3. The molecule has 86 valence electrons. The molecule has 0 fully saturated rings. The van der Waals surface area contributed by atoms with Gasteiger partial charge in [-0.05, 0) is 44.9 Å². The van der Waals surface area contributed by atoms with Gasteiger partial charge in [0.25, 0.3) is 0 Å². The number of anilines is 2. The lowest BCUT2D eigenvalue weighted by atomic mass is 10.0. The second-order valence-electron chi connectivity index (χ2n) is 4.43. The lowest BCUT2D eigenvalue weighted by Crippen LogP contribution is -2.46. The van der Waals surface area contributed by atoms with Gasteiger partial charge in [0.2, 0.25) is 5.91 Å². The van der Waals surface area contributed by atoms with E-state index in [-0.39, 0.29) is 11.9 Å². The summed E-state index contributed by atoms with van der Waals surface area (Å²) in [4.78, 5) is 13.9. The zero-order valence-corrected chi connectivity index (χ0v) is 10.3. The number of amides is 1. The fourth-order valence-electron chi connectivity index (χ4n) is 2.38. The molecule has 1 amide bonds. The Morgan fingerprint density at radius 1 is 1.38 bits per heavy atom. The van der Waals surface area contributed by atoms with E-state index < -0.39 is 0 Å². The first kappa shape index (κ1) is 11.0. The van der Waals surface area contributed by atoms with Gasteiger partial charge in [0.15, 0.2) is 0 Å². The minimum absolute atomic E-state index is 0.131. The van der Waals surface area contributed by atoms with E-state index in [1.807, 2.05) is 18.7 Å². The number of carbonyl (C=O) groups is 1. The lowest BCUT2D eigenvalue weighted by Gasteiger charge is -2.34. The Balaban J connectivity index is 2.59. The van der Waals surface area contributed by atoms with Crippen molar-refractivity contribution in [3.05, 3.63) is 23.3 Å². The zero-order chi connectivity index (χ0) is 11.9. The van der Waals surface area contributed by atoms with E-state index in [0.29, 0.717) is 0 Å². The van der Waals surface area contributed by atoms with Crippen LogP contribution in [0.25, 0.3) is 0 Å². The second-order valence-corrected chi connectivity index (χ2v) is 4.43. The van der Waals surface area contributed by atoms with Crippen LogP contribution in [0.5, 0.6) is 0 Å². The third-order valence-corrected chi connectivity index (χ3v) is 3.04. The van der Waals surface area contributed by atoms with Crippen LogP contribution < -0.4 is 10.2 Å².